The molecule has 1 aromatic carbocycles. The lowest BCUT2D eigenvalue weighted by atomic mass is 10.0. The Labute approximate surface area is 131 Å². The number of anilines is 1. The predicted molar refractivity (Wildman–Crippen MR) is 85.4 cm³/mol. The van der Waals surface area contributed by atoms with Gasteiger partial charge in [0.25, 0.3) is 0 Å². The number of fused-ring (bicyclic) bond motifs is 1. The minimum Gasteiger partial charge on any atom is -0.393 e. The van der Waals surface area contributed by atoms with Gasteiger partial charge in [0.05, 0.1) is 6.10 Å². The van der Waals surface area contributed by atoms with E-state index in [-0.39, 0.29) is 11.9 Å². The number of hydrogen-bond acceptors (Lipinski definition) is 3. The summed E-state index contributed by atoms with van der Waals surface area (Å²) in [4.78, 5) is 4.96. The van der Waals surface area contributed by atoms with E-state index >= 15 is 0 Å². The zero-order valence-electron chi connectivity index (χ0n) is 13.0. The summed E-state index contributed by atoms with van der Waals surface area (Å²) in [6.45, 7) is 4.38. The first-order chi connectivity index (χ1) is 10.7. The average Bonchev–Trinajstić information content (AvgIpc) is 3.05. The summed E-state index contributed by atoms with van der Waals surface area (Å²) in [7, 11) is 0. The summed E-state index contributed by atoms with van der Waals surface area (Å²) < 4.78 is 13.4. The van der Waals surface area contributed by atoms with Gasteiger partial charge in [0.2, 0.25) is 0 Å². The van der Waals surface area contributed by atoms with Gasteiger partial charge in [-0.2, -0.15) is 0 Å². The molecule has 0 bridgehead atoms. The van der Waals surface area contributed by atoms with Crippen molar-refractivity contribution in [3.8, 4) is 0 Å². The lowest BCUT2D eigenvalue weighted by molar-refractivity contribution is 0.144. The third-order valence-electron chi connectivity index (χ3n) is 5.91. The van der Waals surface area contributed by atoms with Crippen molar-refractivity contribution < 1.29 is 9.50 Å². The molecule has 1 aliphatic carbocycles. The van der Waals surface area contributed by atoms with Gasteiger partial charge in [-0.15, -0.1) is 0 Å². The van der Waals surface area contributed by atoms with Crippen LogP contribution in [0, 0.1) is 17.7 Å². The second kappa shape index (κ2) is 5.82. The van der Waals surface area contributed by atoms with Gasteiger partial charge in [0.15, 0.2) is 0 Å². The molecule has 1 aromatic rings. The highest BCUT2D eigenvalue weighted by Crippen LogP contribution is 2.40. The van der Waals surface area contributed by atoms with Gasteiger partial charge < -0.3 is 10.0 Å². The fourth-order valence-electron chi connectivity index (χ4n) is 4.76. The maximum absolute atomic E-state index is 13.4. The lowest BCUT2D eigenvalue weighted by Crippen LogP contribution is -2.44. The van der Waals surface area contributed by atoms with Gasteiger partial charge in [-0.25, -0.2) is 4.39 Å². The van der Waals surface area contributed by atoms with Crippen molar-refractivity contribution in [2.75, 3.05) is 31.1 Å². The highest BCUT2D eigenvalue weighted by molar-refractivity contribution is 5.46. The van der Waals surface area contributed by atoms with Gasteiger partial charge in [-0.3, -0.25) is 4.90 Å². The Morgan fingerprint density at radius 2 is 1.73 bits per heavy atom. The van der Waals surface area contributed by atoms with Crippen LogP contribution in [0.3, 0.4) is 0 Å². The molecule has 22 heavy (non-hydrogen) atoms. The molecule has 1 saturated carbocycles. The van der Waals surface area contributed by atoms with Crippen molar-refractivity contribution >= 4 is 5.69 Å². The van der Waals surface area contributed by atoms with Gasteiger partial charge in [-0.1, -0.05) is 6.07 Å². The summed E-state index contributed by atoms with van der Waals surface area (Å²) >= 11 is 0. The van der Waals surface area contributed by atoms with E-state index in [9.17, 15) is 9.50 Å². The standard InChI is InChI=1S/C18H25FN2O/c19-15-2-1-3-17(10-15)20-6-4-16(5-7-20)21-11-13-8-18(22)9-14(13)12-21/h1-3,10,13-14,16,18,22H,4-9,11-12H2/t13-,14+,18?. The molecule has 120 valence electrons. The highest BCUT2D eigenvalue weighted by Gasteiger charge is 2.42. The summed E-state index contributed by atoms with van der Waals surface area (Å²) in [6, 6.07) is 7.62. The summed E-state index contributed by atoms with van der Waals surface area (Å²) in [5, 5.41) is 9.76. The van der Waals surface area contributed by atoms with Crippen LogP contribution in [-0.2, 0) is 0 Å². The molecule has 3 aliphatic rings. The number of nitrogens with zero attached hydrogens (tertiary/aromatic N) is 2. The van der Waals surface area contributed by atoms with E-state index in [1.807, 2.05) is 6.07 Å². The maximum Gasteiger partial charge on any atom is 0.125 e. The molecule has 0 aromatic heterocycles. The maximum atomic E-state index is 13.4. The third-order valence-corrected chi connectivity index (χ3v) is 5.91. The largest absolute Gasteiger partial charge is 0.393 e. The molecular formula is C18H25FN2O. The molecule has 2 saturated heterocycles. The molecule has 1 unspecified atom stereocenters. The molecule has 2 aliphatic heterocycles. The molecule has 0 radical (unpaired) electrons. The summed E-state index contributed by atoms with van der Waals surface area (Å²) in [5.41, 5.74) is 1.01. The SMILES string of the molecule is OC1C[C@@H]2CN(C3CCN(c4cccc(F)c4)CC3)C[C@@H]2C1. The number of piperidine rings is 1. The van der Waals surface area contributed by atoms with Crippen LogP contribution in [-0.4, -0.2) is 48.3 Å². The second-order valence-corrected chi connectivity index (χ2v) is 7.30. The minimum absolute atomic E-state index is 0.0491. The van der Waals surface area contributed by atoms with Crippen molar-refractivity contribution in [1.29, 1.82) is 0 Å². The number of benzene rings is 1. The topological polar surface area (TPSA) is 26.7 Å². The molecule has 0 spiro atoms. The van der Waals surface area contributed by atoms with E-state index in [4.69, 9.17) is 0 Å². The van der Waals surface area contributed by atoms with Crippen LogP contribution in [0.2, 0.25) is 0 Å². The molecule has 2 heterocycles. The molecular weight excluding hydrogens is 279 g/mol. The van der Waals surface area contributed by atoms with Crippen LogP contribution in [0.1, 0.15) is 25.7 Å². The number of aliphatic hydroxyl groups excluding tert-OH is 1. The number of halogens is 1. The van der Waals surface area contributed by atoms with E-state index in [0.29, 0.717) is 6.04 Å². The summed E-state index contributed by atoms with van der Waals surface area (Å²) in [5.74, 6) is 1.29. The molecule has 4 rings (SSSR count). The highest BCUT2D eigenvalue weighted by atomic mass is 19.1. The molecule has 3 atom stereocenters. The van der Waals surface area contributed by atoms with Crippen LogP contribution in [0.25, 0.3) is 0 Å². The molecule has 1 N–H and O–H groups in total. The van der Waals surface area contributed by atoms with Crippen LogP contribution in [0.5, 0.6) is 0 Å². The average molecular weight is 304 g/mol. The van der Waals surface area contributed by atoms with Crippen molar-refractivity contribution in [3.05, 3.63) is 30.1 Å². The van der Waals surface area contributed by atoms with Crippen molar-refractivity contribution in [2.45, 2.75) is 37.8 Å². The number of aliphatic hydroxyl groups is 1. The van der Waals surface area contributed by atoms with E-state index in [0.717, 1.165) is 43.5 Å². The second-order valence-electron chi connectivity index (χ2n) is 7.30. The molecule has 3 nitrogen and oxygen atoms in total. The predicted octanol–water partition coefficient (Wildman–Crippen LogP) is 2.50. The number of likely N-dealkylation sites (tertiary alicyclic amines) is 1. The van der Waals surface area contributed by atoms with Gasteiger partial charge in [-0.05, 0) is 55.7 Å². The molecule has 0 amide bonds. The van der Waals surface area contributed by atoms with E-state index < -0.39 is 0 Å². The Hall–Kier alpha value is -1.13. The van der Waals surface area contributed by atoms with E-state index in [1.165, 1.54) is 32.0 Å². The Morgan fingerprint density at radius 1 is 1.05 bits per heavy atom. The Balaban J connectivity index is 1.33. The zero-order valence-corrected chi connectivity index (χ0v) is 13.0. The monoisotopic (exact) mass is 304 g/mol. The first-order valence-corrected chi connectivity index (χ1v) is 8.61. The molecule has 3 fully saturated rings. The van der Waals surface area contributed by atoms with Crippen LogP contribution < -0.4 is 4.90 Å². The number of hydrogen-bond donors (Lipinski definition) is 1. The first kappa shape index (κ1) is 14.5. The smallest absolute Gasteiger partial charge is 0.125 e. The third kappa shape index (κ3) is 2.74. The Kier molecular flexibility index (Phi) is 3.82. The lowest BCUT2D eigenvalue weighted by Gasteiger charge is -2.38. The quantitative estimate of drug-likeness (QED) is 0.909. The van der Waals surface area contributed by atoms with Crippen molar-refractivity contribution in [3.63, 3.8) is 0 Å². The molecule has 4 heteroatoms. The summed E-state index contributed by atoms with van der Waals surface area (Å²) in [6.07, 6.45) is 4.29. The van der Waals surface area contributed by atoms with E-state index in [1.54, 1.807) is 12.1 Å². The number of rotatable bonds is 2. The van der Waals surface area contributed by atoms with Crippen molar-refractivity contribution in [1.82, 2.24) is 4.90 Å². The van der Waals surface area contributed by atoms with Crippen LogP contribution in [0.15, 0.2) is 24.3 Å². The fourth-order valence-corrected chi connectivity index (χ4v) is 4.76. The van der Waals surface area contributed by atoms with Gasteiger partial charge in [0.1, 0.15) is 5.82 Å². The zero-order chi connectivity index (χ0) is 15.1. The Bertz CT molecular complexity index is 516. The van der Waals surface area contributed by atoms with Crippen molar-refractivity contribution in [2.24, 2.45) is 11.8 Å². The Morgan fingerprint density at radius 3 is 2.36 bits per heavy atom. The van der Waals surface area contributed by atoms with E-state index in [2.05, 4.69) is 9.80 Å². The fraction of sp³-hybridized carbons (Fsp3) is 0.667. The van der Waals surface area contributed by atoms with Gasteiger partial charge >= 0.3 is 0 Å². The van der Waals surface area contributed by atoms with Crippen LogP contribution in [0.4, 0.5) is 10.1 Å². The normalized spacial score (nSPS) is 33.4. The minimum atomic E-state index is -0.148. The van der Waals surface area contributed by atoms with Gasteiger partial charge in [0, 0.05) is 37.9 Å². The van der Waals surface area contributed by atoms with Crippen LogP contribution >= 0.6 is 0 Å². The first-order valence-electron chi connectivity index (χ1n) is 8.61.